The van der Waals surface area contributed by atoms with Crippen LogP contribution in [0.15, 0.2) is 72.1 Å². The van der Waals surface area contributed by atoms with E-state index in [-0.39, 0.29) is 0 Å². The first-order valence-electron chi connectivity index (χ1n) is 7.90. The molecular formula is C21H12N2O2S. The van der Waals surface area contributed by atoms with Gasteiger partial charge in [0.15, 0.2) is 0 Å². The molecule has 0 aliphatic heterocycles. The van der Waals surface area contributed by atoms with Crippen molar-refractivity contribution in [2.24, 2.45) is 0 Å². The number of hydrogen-bond acceptors (Lipinski definition) is 5. The smallest absolute Gasteiger partial charge is 0.344 e. The lowest BCUT2D eigenvalue weighted by Crippen LogP contribution is -2.10. The van der Waals surface area contributed by atoms with Crippen molar-refractivity contribution >= 4 is 28.2 Å². The molecule has 124 valence electrons. The average Bonchev–Trinajstić information content (AvgIpc) is 3.22. The predicted octanol–water partition coefficient (Wildman–Crippen LogP) is 5.05. The zero-order chi connectivity index (χ0) is 17.9. The number of rotatable bonds is 3. The molecular weight excluding hydrogens is 344 g/mol. The quantitative estimate of drug-likeness (QED) is 0.380. The number of fused-ring (bicyclic) bond motifs is 1. The fourth-order valence-electron chi connectivity index (χ4n) is 2.65. The molecule has 0 aliphatic rings. The number of nitrogens with zero attached hydrogens (tertiary/aromatic N) is 2. The maximum atomic E-state index is 12.8. The minimum absolute atomic E-state index is 0.396. The van der Waals surface area contributed by atoms with Gasteiger partial charge in [0, 0.05) is 5.39 Å². The molecule has 0 N–H and O–H groups in total. The third kappa shape index (κ3) is 3.06. The minimum Gasteiger partial charge on any atom is -0.423 e. The molecule has 2 aromatic heterocycles. The van der Waals surface area contributed by atoms with Gasteiger partial charge < -0.3 is 4.74 Å². The van der Waals surface area contributed by atoms with Crippen LogP contribution in [-0.2, 0) is 0 Å². The lowest BCUT2D eigenvalue weighted by atomic mass is 10.1. The summed E-state index contributed by atoms with van der Waals surface area (Å²) < 4.78 is 5.51. The SMILES string of the molecule is N#Cc1ccc(OC(=O)c2cc(-c3cccs3)nc3ccccc23)cc1. The highest BCUT2D eigenvalue weighted by molar-refractivity contribution is 7.13. The summed E-state index contributed by atoms with van der Waals surface area (Å²) in [6.45, 7) is 0. The molecule has 0 aliphatic carbocycles. The molecule has 0 radical (unpaired) electrons. The van der Waals surface area contributed by atoms with E-state index in [9.17, 15) is 4.79 Å². The van der Waals surface area contributed by atoms with Gasteiger partial charge in [0.25, 0.3) is 0 Å². The highest BCUT2D eigenvalue weighted by Gasteiger charge is 2.16. The number of hydrogen-bond donors (Lipinski definition) is 0. The summed E-state index contributed by atoms with van der Waals surface area (Å²) in [5, 5.41) is 11.6. The van der Waals surface area contributed by atoms with Crippen molar-refractivity contribution < 1.29 is 9.53 Å². The molecule has 26 heavy (non-hydrogen) atoms. The third-order valence-electron chi connectivity index (χ3n) is 3.90. The van der Waals surface area contributed by atoms with Crippen molar-refractivity contribution in [1.82, 2.24) is 4.98 Å². The van der Waals surface area contributed by atoms with Crippen LogP contribution in [0.5, 0.6) is 5.75 Å². The molecule has 0 spiro atoms. The van der Waals surface area contributed by atoms with Crippen LogP contribution in [0.1, 0.15) is 15.9 Å². The molecule has 0 unspecified atom stereocenters. The fourth-order valence-corrected chi connectivity index (χ4v) is 3.34. The molecule has 0 bridgehead atoms. The zero-order valence-corrected chi connectivity index (χ0v) is 14.4. The largest absolute Gasteiger partial charge is 0.423 e. The minimum atomic E-state index is -0.453. The summed E-state index contributed by atoms with van der Waals surface area (Å²) in [4.78, 5) is 18.4. The van der Waals surface area contributed by atoms with E-state index in [4.69, 9.17) is 10.00 Å². The van der Waals surface area contributed by atoms with Gasteiger partial charge in [-0.25, -0.2) is 9.78 Å². The zero-order valence-electron chi connectivity index (χ0n) is 13.5. The average molecular weight is 356 g/mol. The number of esters is 1. The molecule has 2 aromatic carbocycles. The summed E-state index contributed by atoms with van der Waals surface area (Å²) in [5.74, 6) is -0.0568. The lowest BCUT2D eigenvalue weighted by molar-refractivity contribution is 0.0737. The fraction of sp³-hybridized carbons (Fsp3) is 0. The molecule has 0 fully saturated rings. The Morgan fingerprint density at radius 3 is 2.58 bits per heavy atom. The van der Waals surface area contributed by atoms with Gasteiger partial charge in [0.1, 0.15) is 5.75 Å². The molecule has 4 aromatic rings. The Morgan fingerprint density at radius 1 is 1.04 bits per heavy atom. The predicted molar refractivity (Wildman–Crippen MR) is 101 cm³/mol. The van der Waals surface area contributed by atoms with Gasteiger partial charge in [0.2, 0.25) is 0 Å². The van der Waals surface area contributed by atoms with Crippen molar-refractivity contribution in [1.29, 1.82) is 5.26 Å². The van der Waals surface area contributed by atoms with Gasteiger partial charge in [0.05, 0.1) is 33.3 Å². The Hall–Kier alpha value is -3.49. The molecule has 4 nitrogen and oxygen atoms in total. The Balaban J connectivity index is 1.76. The van der Waals surface area contributed by atoms with Gasteiger partial charge >= 0.3 is 5.97 Å². The monoisotopic (exact) mass is 356 g/mol. The molecule has 4 rings (SSSR count). The number of nitriles is 1. The van der Waals surface area contributed by atoms with E-state index in [1.165, 1.54) is 0 Å². The van der Waals surface area contributed by atoms with Gasteiger partial charge in [-0.15, -0.1) is 11.3 Å². The summed E-state index contributed by atoms with van der Waals surface area (Å²) >= 11 is 1.57. The van der Waals surface area contributed by atoms with Gasteiger partial charge in [-0.2, -0.15) is 5.26 Å². The summed E-state index contributed by atoms with van der Waals surface area (Å²) in [5.41, 5.74) is 2.46. The van der Waals surface area contributed by atoms with E-state index < -0.39 is 5.97 Å². The van der Waals surface area contributed by atoms with E-state index in [1.807, 2.05) is 47.8 Å². The second-order valence-electron chi connectivity index (χ2n) is 5.58. The van der Waals surface area contributed by atoms with Gasteiger partial charge in [-0.1, -0.05) is 24.3 Å². The van der Waals surface area contributed by atoms with Crippen molar-refractivity contribution in [3.8, 4) is 22.4 Å². The summed E-state index contributed by atoms with van der Waals surface area (Å²) in [6, 6.07) is 21.7. The highest BCUT2D eigenvalue weighted by atomic mass is 32.1. The summed E-state index contributed by atoms with van der Waals surface area (Å²) in [7, 11) is 0. The Kier molecular flexibility index (Phi) is 4.18. The second kappa shape index (κ2) is 6.79. The highest BCUT2D eigenvalue weighted by Crippen LogP contribution is 2.28. The Morgan fingerprint density at radius 2 is 1.85 bits per heavy atom. The second-order valence-corrected chi connectivity index (χ2v) is 6.52. The van der Waals surface area contributed by atoms with Crippen LogP contribution >= 0.6 is 11.3 Å². The molecule has 0 amide bonds. The number of thiophene rings is 1. The van der Waals surface area contributed by atoms with Gasteiger partial charge in [-0.05, 0) is 47.8 Å². The first-order valence-corrected chi connectivity index (χ1v) is 8.78. The van der Waals surface area contributed by atoms with E-state index in [2.05, 4.69) is 4.98 Å². The number of aromatic nitrogens is 1. The Bertz CT molecular complexity index is 1130. The van der Waals surface area contributed by atoms with Crippen molar-refractivity contribution in [2.45, 2.75) is 0 Å². The van der Waals surface area contributed by atoms with Crippen LogP contribution in [0.3, 0.4) is 0 Å². The van der Waals surface area contributed by atoms with Crippen molar-refractivity contribution in [2.75, 3.05) is 0 Å². The van der Waals surface area contributed by atoms with Crippen molar-refractivity contribution in [3.63, 3.8) is 0 Å². The Labute approximate surface area is 153 Å². The van der Waals surface area contributed by atoms with E-state index in [0.717, 1.165) is 21.5 Å². The molecule has 5 heteroatoms. The maximum Gasteiger partial charge on any atom is 0.344 e. The molecule has 0 atom stereocenters. The van der Waals surface area contributed by atoms with Crippen LogP contribution in [0.4, 0.5) is 0 Å². The summed E-state index contributed by atoms with van der Waals surface area (Å²) in [6.07, 6.45) is 0. The van der Waals surface area contributed by atoms with Crippen molar-refractivity contribution in [3.05, 3.63) is 83.2 Å². The molecule has 2 heterocycles. The standard InChI is InChI=1S/C21H12N2O2S/c22-13-14-7-9-15(10-8-14)25-21(24)17-12-19(20-6-3-11-26-20)23-18-5-2-1-4-16(17)18/h1-12H. The third-order valence-corrected chi connectivity index (χ3v) is 4.80. The number of pyridine rings is 1. The normalized spacial score (nSPS) is 10.4. The van der Waals surface area contributed by atoms with E-state index in [1.54, 1.807) is 41.7 Å². The molecule has 0 saturated carbocycles. The van der Waals surface area contributed by atoms with Crippen LogP contribution in [-0.4, -0.2) is 11.0 Å². The number of benzene rings is 2. The maximum absolute atomic E-state index is 12.8. The van der Waals surface area contributed by atoms with Gasteiger partial charge in [-0.3, -0.25) is 0 Å². The topological polar surface area (TPSA) is 63.0 Å². The lowest BCUT2D eigenvalue weighted by Gasteiger charge is -2.09. The van der Waals surface area contributed by atoms with Crippen LogP contribution < -0.4 is 4.74 Å². The number of ether oxygens (including phenoxy) is 1. The van der Waals surface area contributed by atoms with E-state index in [0.29, 0.717) is 16.9 Å². The first-order chi connectivity index (χ1) is 12.7. The first kappa shape index (κ1) is 16.0. The van der Waals surface area contributed by atoms with Crippen LogP contribution in [0.2, 0.25) is 0 Å². The number of para-hydroxylation sites is 1. The number of carbonyl (C=O) groups excluding carboxylic acids is 1. The van der Waals surface area contributed by atoms with Crippen LogP contribution in [0.25, 0.3) is 21.5 Å². The van der Waals surface area contributed by atoms with Crippen LogP contribution in [0, 0.1) is 11.3 Å². The molecule has 0 saturated heterocycles. The van der Waals surface area contributed by atoms with E-state index >= 15 is 0 Å². The number of carbonyl (C=O) groups is 1.